The van der Waals surface area contributed by atoms with Gasteiger partial charge in [-0.3, -0.25) is 9.69 Å². The molecule has 2 atom stereocenters. The Kier molecular flexibility index (Phi) is 7.67. The number of methoxy groups -OCH3 is 2. The molecule has 186 valence electrons. The molecule has 6 nitrogen and oxygen atoms in total. The van der Waals surface area contributed by atoms with Crippen LogP contribution in [0.5, 0.6) is 5.75 Å². The standard InChI is InChI=1S/C29H22Br2N2O4/c1-18(28(35)37-3)26(19-10-14-22(36-2)15-11-19)29(17-32)24-7-5-4-6-23(24)25(31)16-33(29)27(34)20-8-12-21(30)13-9-20/h4-16,26H,1H2,2-3H3/t26-,29-/m0/s1. The number of carbonyl (C=O) groups is 2. The van der Waals surface area contributed by atoms with Gasteiger partial charge < -0.3 is 9.47 Å². The normalized spacial score (nSPS) is 17.1. The van der Waals surface area contributed by atoms with Gasteiger partial charge in [0.1, 0.15) is 5.75 Å². The van der Waals surface area contributed by atoms with Gasteiger partial charge in [0.25, 0.3) is 5.91 Å². The maximum atomic E-state index is 14.1. The molecule has 4 rings (SSSR count). The van der Waals surface area contributed by atoms with Crippen LogP contribution in [0, 0.1) is 11.3 Å². The van der Waals surface area contributed by atoms with E-state index >= 15 is 0 Å². The second kappa shape index (κ2) is 10.8. The van der Waals surface area contributed by atoms with Crippen molar-refractivity contribution in [3.8, 4) is 11.8 Å². The highest BCUT2D eigenvalue weighted by Crippen LogP contribution is 2.52. The largest absolute Gasteiger partial charge is 0.497 e. The fourth-order valence-electron chi connectivity index (χ4n) is 4.60. The van der Waals surface area contributed by atoms with Gasteiger partial charge in [0.15, 0.2) is 5.54 Å². The number of rotatable bonds is 6. The molecule has 1 aliphatic heterocycles. The molecule has 0 spiro atoms. The minimum atomic E-state index is -1.68. The molecule has 0 aliphatic carbocycles. The summed E-state index contributed by atoms with van der Waals surface area (Å²) in [7, 11) is 2.81. The molecule has 3 aromatic rings. The Labute approximate surface area is 232 Å². The summed E-state index contributed by atoms with van der Waals surface area (Å²) in [4.78, 5) is 28.4. The van der Waals surface area contributed by atoms with E-state index < -0.39 is 23.3 Å². The van der Waals surface area contributed by atoms with Crippen molar-refractivity contribution < 1.29 is 19.1 Å². The van der Waals surface area contributed by atoms with E-state index in [0.29, 0.717) is 26.9 Å². The van der Waals surface area contributed by atoms with Gasteiger partial charge in [-0.05, 0) is 63.5 Å². The lowest BCUT2D eigenvalue weighted by molar-refractivity contribution is -0.136. The lowest BCUT2D eigenvalue weighted by Crippen LogP contribution is -2.52. The van der Waals surface area contributed by atoms with Gasteiger partial charge in [-0.1, -0.05) is 58.9 Å². The van der Waals surface area contributed by atoms with Crippen molar-refractivity contribution in [1.29, 1.82) is 5.26 Å². The van der Waals surface area contributed by atoms with Gasteiger partial charge in [0.2, 0.25) is 0 Å². The highest BCUT2D eigenvalue weighted by atomic mass is 79.9. The molecule has 1 aliphatic rings. The third kappa shape index (κ3) is 4.61. The summed E-state index contributed by atoms with van der Waals surface area (Å²) in [6.45, 7) is 4.05. The number of ether oxygens (including phenoxy) is 2. The average molecular weight is 622 g/mol. The molecule has 37 heavy (non-hydrogen) atoms. The minimum Gasteiger partial charge on any atom is -0.497 e. The first-order chi connectivity index (χ1) is 17.8. The molecule has 0 saturated carbocycles. The van der Waals surface area contributed by atoms with Crippen LogP contribution in [0.1, 0.15) is 33.0 Å². The van der Waals surface area contributed by atoms with E-state index in [2.05, 4.69) is 44.5 Å². The van der Waals surface area contributed by atoms with E-state index in [1.807, 2.05) is 12.1 Å². The van der Waals surface area contributed by atoms with Gasteiger partial charge >= 0.3 is 5.97 Å². The molecule has 1 amide bonds. The third-order valence-electron chi connectivity index (χ3n) is 6.36. The second-order valence-corrected chi connectivity index (χ2v) is 10.1. The Morgan fingerprint density at radius 2 is 1.65 bits per heavy atom. The summed E-state index contributed by atoms with van der Waals surface area (Å²) >= 11 is 6.98. The van der Waals surface area contributed by atoms with Crippen molar-refractivity contribution in [2.75, 3.05) is 14.2 Å². The van der Waals surface area contributed by atoms with Crippen LogP contribution in [0.15, 0.2) is 95.6 Å². The number of nitrogens with zero attached hydrogens (tertiary/aromatic N) is 2. The molecule has 0 unspecified atom stereocenters. The van der Waals surface area contributed by atoms with Crippen LogP contribution in [0.4, 0.5) is 0 Å². The Bertz CT molecular complexity index is 1440. The summed E-state index contributed by atoms with van der Waals surface area (Å²) < 4.78 is 11.8. The van der Waals surface area contributed by atoms with E-state index in [4.69, 9.17) is 9.47 Å². The fraction of sp³-hybridized carbons (Fsp3) is 0.138. The van der Waals surface area contributed by atoms with Crippen molar-refractivity contribution >= 4 is 48.2 Å². The van der Waals surface area contributed by atoms with Crippen molar-refractivity contribution in [1.82, 2.24) is 4.90 Å². The number of halogens is 2. The highest BCUT2D eigenvalue weighted by Gasteiger charge is 2.54. The summed E-state index contributed by atoms with van der Waals surface area (Å²) in [6, 6.07) is 23.6. The van der Waals surface area contributed by atoms with Crippen LogP contribution in [0.3, 0.4) is 0 Å². The van der Waals surface area contributed by atoms with Crippen molar-refractivity contribution in [3.63, 3.8) is 0 Å². The minimum absolute atomic E-state index is 0.0315. The van der Waals surface area contributed by atoms with Crippen LogP contribution in [0.2, 0.25) is 0 Å². The zero-order valence-electron chi connectivity index (χ0n) is 20.1. The second-order valence-electron chi connectivity index (χ2n) is 8.31. The maximum Gasteiger partial charge on any atom is 0.333 e. The fourth-order valence-corrected chi connectivity index (χ4v) is 5.42. The SMILES string of the molecule is C=C(C(=O)OC)[C@@H](c1ccc(OC)cc1)[C@]1(C#N)c2ccccc2C(Br)=CN1C(=O)c1ccc(Br)cc1. The number of hydrogen-bond donors (Lipinski definition) is 0. The quantitative estimate of drug-likeness (QED) is 0.231. The molecule has 0 aromatic heterocycles. The molecule has 8 heteroatoms. The zero-order valence-corrected chi connectivity index (χ0v) is 23.2. The number of nitriles is 1. The van der Waals surface area contributed by atoms with Gasteiger partial charge in [-0.2, -0.15) is 5.26 Å². The topological polar surface area (TPSA) is 79.6 Å². The van der Waals surface area contributed by atoms with Crippen LogP contribution < -0.4 is 4.74 Å². The predicted molar refractivity (Wildman–Crippen MR) is 148 cm³/mol. The molecule has 0 saturated heterocycles. The maximum absolute atomic E-state index is 14.1. The van der Waals surface area contributed by atoms with Crippen LogP contribution >= 0.6 is 31.9 Å². The van der Waals surface area contributed by atoms with Gasteiger partial charge in [-0.15, -0.1) is 0 Å². The molecular formula is C29H22Br2N2O4. The van der Waals surface area contributed by atoms with Gasteiger partial charge in [0.05, 0.1) is 26.2 Å². The number of carbonyl (C=O) groups excluding carboxylic acids is 2. The summed E-state index contributed by atoms with van der Waals surface area (Å²) in [5.74, 6) is -1.48. The first kappa shape index (κ1) is 26.4. The Morgan fingerprint density at radius 3 is 2.24 bits per heavy atom. The summed E-state index contributed by atoms with van der Waals surface area (Å²) in [5.41, 5.74) is 0.577. The molecule has 0 radical (unpaired) electrons. The van der Waals surface area contributed by atoms with Crippen molar-refractivity contribution in [2.24, 2.45) is 0 Å². The Hall–Kier alpha value is -3.67. The van der Waals surface area contributed by atoms with Crippen LogP contribution in [-0.2, 0) is 15.1 Å². The summed E-state index contributed by atoms with van der Waals surface area (Å²) in [5, 5.41) is 11.0. The Balaban J connectivity index is 2.05. The van der Waals surface area contributed by atoms with E-state index in [1.165, 1.54) is 12.0 Å². The predicted octanol–water partition coefficient (Wildman–Crippen LogP) is 6.54. The first-order valence-corrected chi connectivity index (χ1v) is 12.8. The molecular weight excluding hydrogens is 600 g/mol. The monoisotopic (exact) mass is 620 g/mol. The molecule has 0 bridgehead atoms. The van der Waals surface area contributed by atoms with Crippen molar-refractivity contribution in [2.45, 2.75) is 11.5 Å². The smallest absolute Gasteiger partial charge is 0.333 e. The molecule has 0 fully saturated rings. The molecule has 3 aromatic carbocycles. The van der Waals surface area contributed by atoms with Gasteiger partial charge in [0, 0.05) is 31.9 Å². The summed E-state index contributed by atoms with van der Waals surface area (Å²) in [6.07, 6.45) is 1.59. The van der Waals surface area contributed by atoms with E-state index in [1.54, 1.807) is 74.0 Å². The molecule has 1 heterocycles. The highest BCUT2D eigenvalue weighted by molar-refractivity contribution is 9.15. The Morgan fingerprint density at radius 1 is 1.00 bits per heavy atom. The van der Waals surface area contributed by atoms with Crippen LogP contribution in [-0.4, -0.2) is 31.0 Å². The third-order valence-corrected chi connectivity index (χ3v) is 7.52. The van der Waals surface area contributed by atoms with Crippen LogP contribution in [0.25, 0.3) is 4.48 Å². The van der Waals surface area contributed by atoms with Gasteiger partial charge in [-0.25, -0.2) is 4.79 Å². The number of benzene rings is 3. The number of amides is 1. The number of esters is 1. The zero-order chi connectivity index (χ0) is 26.7. The van der Waals surface area contributed by atoms with E-state index in [-0.39, 0.29) is 5.57 Å². The van der Waals surface area contributed by atoms with E-state index in [0.717, 1.165) is 10.0 Å². The van der Waals surface area contributed by atoms with Crippen molar-refractivity contribution in [3.05, 3.63) is 118 Å². The number of hydrogen-bond acceptors (Lipinski definition) is 5. The lowest BCUT2D eigenvalue weighted by Gasteiger charge is -2.46. The molecule has 0 N–H and O–H groups in total. The first-order valence-electron chi connectivity index (χ1n) is 11.2. The van der Waals surface area contributed by atoms with E-state index in [9.17, 15) is 14.9 Å². The lowest BCUT2D eigenvalue weighted by atomic mass is 9.68. The number of fused-ring (bicyclic) bond motifs is 1. The average Bonchev–Trinajstić information content (AvgIpc) is 2.94.